The number of thioether (sulfide) groups is 1. The molecule has 1 aliphatic rings. The topological polar surface area (TPSA) is 74.7 Å². The van der Waals surface area contributed by atoms with Gasteiger partial charge in [-0.1, -0.05) is 36.8 Å². The van der Waals surface area contributed by atoms with Crippen molar-refractivity contribution in [2.24, 2.45) is 5.92 Å². The zero-order chi connectivity index (χ0) is 17.2. The van der Waals surface area contributed by atoms with Crippen LogP contribution in [0.4, 0.5) is 0 Å². The Hall–Kier alpha value is -1.05. The van der Waals surface area contributed by atoms with Crippen LogP contribution in [0.1, 0.15) is 30.5 Å². The van der Waals surface area contributed by atoms with Crippen molar-refractivity contribution in [1.82, 2.24) is 4.31 Å². The third-order valence-electron chi connectivity index (χ3n) is 4.21. The maximum atomic E-state index is 12.2. The maximum absolute atomic E-state index is 12.2. The van der Waals surface area contributed by atoms with Crippen LogP contribution in [0.25, 0.3) is 0 Å². The summed E-state index contributed by atoms with van der Waals surface area (Å²) in [5.74, 6) is -0.781. The fourth-order valence-electron chi connectivity index (χ4n) is 3.03. The molecule has 0 bridgehead atoms. The number of sulfonamides is 1. The molecule has 1 fully saturated rings. The van der Waals surface area contributed by atoms with Crippen LogP contribution in [0.5, 0.6) is 0 Å². The van der Waals surface area contributed by atoms with Gasteiger partial charge in [-0.25, -0.2) is 8.42 Å². The van der Waals surface area contributed by atoms with Crippen LogP contribution in [0, 0.1) is 12.8 Å². The molecule has 7 heteroatoms. The zero-order valence-electron chi connectivity index (χ0n) is 13.6. The van der Waals surface area contributed by atoms with Gasteiger partial charge in [0.25, 0.3) is 0 Å². The number of carboxylic acids is 1. The van der Waals surface area contributed by atoms with Gasteiger partial charge in [-0.15, -0.1) is 0 Å². The molecule has 0 spiro atoms. The second-order valence-corrected chi connectivity index (χ2v) is 9.38. The number of hydrogen-bond donors (Lipinski definition) is 1. The standard InChI is InChI=1S/C16H23NO4S2/c1-4-22-15-9-14(12-7-5-11(2)6-8-12)17(23(3,20)21)10-13(15)16(18)19/h5-8,13-15H,4,9-10H2,1-3H3,(H,18,19)/t13-,14+,15-/m1/s1. The van der Waals surface area contributed by atoms with E-state index in [1.807, 2.05) is 38.1 Å². The fraction of sp³-hybridized carbons (Fsp3) is 0.562. The molecule has 0 unspecified atom stereocenters. The summed E-state index contributed by atoms with van der Waals surface area (Å²) in [6.45, 7) is 4.01. The Balaban J connectivity index is 2.40. The lowest BCUT2D eigenvalue weighted by Gasteiger charge is -2.41. The molecule has 128 valence electrons. The molecule has 0 radical (unpaired) electrons. The Morgan fingerprint density at radius 3 is 2.43 bits per heavy atom. The number of nitrogens with zero attached hydrogens (tertiary/aromatic N) is 1. The first-order valence-corrected chi connectivity index (χ1v) is 10.5. The highest BCUT2D eigenvalue weighted by molar-refractivity contribution is 7.99. The van der Waals surface area contributed by atoms with Crippen molar-refractivity contribution < 1.29 is 18.3 Å². The van der Waals surface area contributed by atoms with Gasteiger partial charge in [-0.3, -0.25) is 4.79 Å². The van der Waals surface area contributed by atoms with Crippen molar-refractivity contribution in [3.05, 3.63) is 35.4 Å². The highest BCUT2D eigenvalue weighted by Crippen LogP contribution is 2.40. The third-order valence-corrected chi connectivity index (χ3v) is 6.75. The Morgan fingerprint density at radius 1 is 1.35 bits per heavy atom. The van der Waals surface area contributed by atoms with Crippen molar-refractivity contribution in [3.63, 3.8) is 0 Å². The predicted octanol–water partition coefficient (Wildman–Crippen LogP) is 2.52. The van der Waals surface area contributed by atoms with Gasteiger partial charge in [0.2, 0.25) is 10.0 Å². The summed E-state index contributed by atoms with van der Waals surface area (Å²) < 4.78 is 25.7. The summed E-state index contributed by atoms with van der Waals surface area (Å²) in [6.07, 6.45) is 1.67. The van der Waals surface area contributed by atoms with E-state index in [1.54, 1.807) is 11.8 Å². The number of hydrogen-bond acceptors (Lipinski definition) is 4. The highest BCUT2D eigenvalue weighted by Gasteiger charge is 2.43. The van der Waals surface area contributed by atoms with Crippen LogP contribution in [0.15, 0.2) is 24.3 Å². The van der Waals surface area contributed by atoms with Crippen molar-refractivity contribution >= 4 is 27.8 Å². The molecular weight excluding hydrogens is 334 g/mol. The molecule has 0 aliphatic carbocycles. The van der Waals surface area contributed by atoms with E-state index >= 15 is 0 Å². The number of carbonyl (C=O) groups is 1. The van der Waals surface area contributed by atoms with Crippen molar-refractivity contribution in [3.8, 4) is 0 Å². The molecule has 1 N–H and O–H groups in total. The quantitative estimate of drug-likeness (QED) is 0.876. The van der Waals surface area contributed by atoms with Crippen LogP contribution in [-0.2, 0) is 14.8 Å². The average Bonchev–Trinajstić information content (AvgIpc) is 2.46. The second-order valence-electron chi connectivity index (χ2n) is 5.93. The molecule has 23 heavy (non-hydrogen) atoms. The Bertz CT molecular complexity index is 657. The van der Waals surface area contributed by atoms with Crippen LogP contribution >= 0.6 is 11.8 Å². The van der Waals surface area contributed by atoms with E-state index in [-0.39, 0.29) is 17.8 Å². The molecular formula is C16H23NO4S2. The van der Waals surface area contributed by atoms with E-state index < -0.39 is 21.9 Å². The van der Waals surface area contributed by atoms with Crippen molar-refractivity contribution in [1.29, 1.82) is 0 Å². The number of benzene rings is 1. The lowest BCUT2D eigenvalue weighted by molar-refractivity contribution is -0.143. The summed E-state index contributed by atoms with van der Waals surface area (Å²) in [5.41, 5.74) is 2.03. The van der Waals surface area contributed by atoms with Crippen molar-refractivity contribution in [2.75, 3.05) is 18.6 Å². The summed E-state index contributed by atoms with van der Waals surface area (Å²) in [7, 11) is -3.48. The first-order chi connectivity index (χ1) is 10.7. The molecule has 0 saturated carbocycles. The fourth-order valence-corrected chi connectivity index (χ4v) is 5.32. The van der Waals surface area contributed by atoms with Crippen LogP contribution in [0.2, 0.25) is 0 Å². The van der Waals surface area contributed by atoms with Gasteiger partial charge in [-0.05, 0) is 24.7 Å². The average molecular weight is 357 g/mol. The van der Waals surface area contributed by atoms with Gasteiger partial charge in [0.05, 0.1) is 18.2 Å². The molecule has 2 rings (SSSR count). The smallest absolute Gasteiger partial charge is 0.308 e. The van der Waals surface area contributed by atoms with Crippen LogP contribution in [0.3, 0.4) is 0 Å². The monoisotopic (exact) mass is 357 g/mol. The Morgan fingerprint density at radius 2 is 1.96 bits per heavy atom. The van der Waals surface area contributed by atoms with Crippen molar-refractivity contribution in [2.45, 2.75) is 31.6 Å². The Labute approximate surface area is 142 Å². The molecule has 1 heterocycles. The summed E-state index contributed by atoms with van der Waals surface area (Å²) in [6, 6.07) is 7.49. The molecule has 0 aromatic heterocycles. The Kier molecular flexibility index (Phi) is 5.75. The zero-order valence-corrected chi connectivity index (χ0v) is 15.2. The van der Waals surface area contributed by atoms with E-state index in [1.165, 1.54) is 4.31 Å². The normalized spacial score (nSPS) is 26.1. The number of carboxylic acid groups (broad SMARTS) is 1. The SMILES string of the molecule is CCS[C@@H]1C[C@@H](c2ccc(C)cc2)N(S(C)(=O)=O)C[C@H]1C(=O)O. The third kappa shape index (κ3) is 4.28. The molecule has 0 amide bonds. The first-order valence-electron chi connectivity index (χ1n) is 7.61. The molecule has 1 aliphatic heterocycles. The molecule has 1 aromatic carbocycles. The van der Waals surface area contributed by atoms with Crippen LogP contribution < -0.4 is 0 Å². The largest absolute Gasteiger partial charge is 0.481 e. The van der Waals surface area contributed by atoms with Gasteiger partial charge in [0.15, 0.2) is 0 Å². The van der Waals surface area contributed by atoms with Gasteiger partial charge in [-0.2, -0.15) is 16.1 Å². The molecule has 5 nitrogen and oxygen atoms in total. The van der Waals surface area contributed by atoms with Crippen LogP contribution in [-0.4, -0.2) is 47.6 Å². The maximum Gasteiger partial charge on any atom is 0.308 e. The first kappa shape index (κ1) is 18.3. The van der Waals surface area contributed by atoms with Gasteiger partial charge in [0.1, 0.15) is 0 Å². The minimum Gasteiger partial charge on any atom is -0.481 e. The molecule has 1 saturated heterocycles. The van der Waals surface area contributed by atoms with E-state index in [0.717, 1.165) is 23.1 Å². The van der Waals surface area contributed by atoms with Gasteiger partial charge >= 0.3 is 5.97 Å². The lowest BCUT2D eigenvalue weighted by Crippen LogP contribution is -2.49. The van der Waals surface area contributed by atoms with E-state index in [4.69, 9.17) is 0 Å². The van der Waals surface area contributed by atoms with Gasteiger partial charge < -0.3 is 5.11 Å². The second kappa shape index (κ2) is 7.23. The summed E-state index contributed by atoms with van der Waals surface area (Å²) in [4.78, 5) is 11.6. The van der Waals surface area contributed by atoms with E-state index in [0.29, 0.717) is 6.42 Å². The molecule has 3 atom stereocenters. The van der Waals surface area contributed by atoms with E-state index in [2.05, 4.69) is 0 Å². The minimum atomic E-state index is -3.48. The number of aliphatic carboxylic acids is 1. The number of aryl methyl sites for hydroxylation is 1. The summed E-state index contributed by atoms with van der Waals surface area (Å²) >= 11 is 1.60. The summed E-state index contributed by atoms with van der Waals surface area (Å²) in [5, 5.41) is 9.40. The molecule has 1 aromatic rings. The van der Waals surface area contributed by atoms with Gasteiger partial charge in [0, 0.05) is 11.8 Å². The predicted molar refractivity (Wildman–Crippen MR) is 93.1 cm³/mol. The number of piperidine rings is 1. The highest BCUT2D eigenvalue weighted by atomic mass is 32.2. The lowest BCUT2D eigenvalue weighted by atomic mass is 9.90. The van der Waals surface area contributed by atoms with E-state index in [9.17, 15) is 18.3 Å². The number of rotatable bonds is 5. The minimum absolute atomic E-state index is 0.0321.